The van der Waals surface area contributed by atoms with Gasteiger partial charge in [0.15, 0.2) is 0 Å². The minimum Gasteiger partial charge on any atom is -0.494 e. The summed E-state index contributed by atoms with van der Waals surface area (Å²) < 4.78 is 5.67. The van der Waals surface area contributed by atoms with Gasteiger partial charge in [0.2, 0.25) is 0 Å². The summed E-state index contributed by atoms with van der Waals surface area (Å²) >= 11 is 1.74. The van der Waals surface area contributed by atoms with Crippen LogP contribution in [-0.2, 0) is 0 Å². The maximum absolute atomic E-state index is 6.36. The molecule has 0 saturated heterocycles. The molecular weight excluding hydrogens is 242 g/mol. The van der Waals surface area contributed by atoms with E-state index in [1.165, 1.54) is 15.3 Å². The Balaban J connectivity index is 2.39. The molecule has 3 heteroatoms. The second-order valence-corrected chi connectivity index (χ2v) is 5.72. The second-order valence-electron chi connectivity index (χ2n) is 4.40. The van der Waals surface area contributed by atoms with Crippen molar-refractivity contribution in [2.24, 2.45) is 5.73 Å². The third-order valence-corrected chi connectivity index (χ3v) is 3.95. The Morgan fingerprint density at radius 3 is 2.61 bits per heavy atom. The summed E-state index contributed by atoms with van der Waals surface area (Å²) in [6.45, 7) is 6.82. The molecule has 2 aromatic rings. The largest absolute Gasteiger partial charge is 0.494 e. The van der Waals surface area contributed by atoms with Crippen LogP contribution < -0.4 is 10.5 Å². The zero-order valence-corrected chi connectivity index (χ0v) is 11.9. The van der Waals surface area contributed by atoms with Crippen LogP contribution in [0.4, 0.5) is 0 Å². The SMILES string of the molecule is CCOc1ccc(C)cc1C(N)c1ccc(C)s1. The molecule has 0 amide bonds. The lowest BCUT2D eigenvalue weighted by molar-refractivity contribution is 0.335. The fourth-order valence-electron chi connectivity index (χ4n) is 1.97. The van der Waals surface area contributed by atoms with E-state index in [4.69, 9.17) is 10.5 Å². The lowest BCUT2D eigenvalue weighted by Crippen LogP contribution is -2.12. The van der Waals surface area contributed by atoms with Gasteiger partial charge >= 0.3 is 0 Å². The molecule has 1 atom stereocenters. The first-order chi connectivity index (χ1) is 8.61. The zero-order chi connectivity index (χ0) is 13.1. The van der Waals surface area contributed by atoms with Gasteiger partial charge in [-0.2, -0.15) is 0 Å². The second kappa shape index (κ2) is 5.55. The molecule has 2 nitrogen and oxygen atoms in total. The van der Waals surface area contributed by atoms with Crippen LogP contribution in [-0.4, -0.2) is 6.61 Å². The summed E-state index contributed by atoms with van der Waals surface area (Å²) in [6.07, 6.45) is 0. The lowest BCUT2D eigenvalue weighted by atomic mass is 10.0. The van der Waals surface area contributed by atoms with Crippen LogP contribution in [0.15, 0.2) is 30.3 Å². The van der Waals surface area contributed by atoms with Crippen LogP contribution in [0.25, 0.3) is 0 Å². The van der Waals surface area contributed by atoms with E-state index >= 15 is 0 Å². The van der Waals surface area contributed by atoms with Crippen molar-refractivity contribution in [1.82, 2.24) is 0 Å². The fourth-order valence-corrected chi connectivity index (χ4v) is 2.87. The molecule has 1 aromatic carbocycles. The summed E-state index contributed by atoms with van der Waals surface area (Å²) in [4.78, 5) is 2.46. The van der Waals surface area contributed by atoms with Crippen LogP contribution in [0.5, 0.6) is 5.75 Å². The Bertz CT molecular complexity index is 533. The molecule has 18 heavy (non-hydrogen) atoms. The van der Waals surface area contributed by atoms with Crippen LogP contribution >= 0.6 is 11.3 Å². The van der Waals surface area contributed by atoms with Crippen molar-refractivity contribution in [2.75, 3.05) is 6.61 Å². The number of hydrogen-bond acceptors (Lipinski definition) is 3. The minimum absolute atomic E-state index is 0.106. The van der Waals surface area contributed by atoms with E-state index in [0.717, 1.165) is 11.3 Å². The van der Waals surface area contributed by atoms with E-state index in [2.05, 4.69) is 38.1 Å². The van der Waals surface area contributed by atoms with Crippen LogP contribution in [0.1, 0.15) is 33.8 Å². The van der Waals surface area contributed by atoms with Crippen LogP contribution in [0, 0.1) is 13.8 Å². The number of hydrogen-bond donors (Lipinski definition) is 1. The van der Waals surface area contributed by atoms with E-state index < -0.39 is 0 Å². The van der Waals surface area contributed by atoms with Crippen LogP contribution in [0.3, 0.4) is 0 Å². The number of thiophene rings is 1. The Morgan fingerprint density at radius 1 is 1.22 bits per heavy atom. The Labute approximate surface area is 112 Å². The molecular formula is C15H19NOS. The highest BCUT2D eigenvalue weighted by Crippen LogP contribution is 2.32. The van der Waals surface area contributed by atoms with Gasteiger partial charge in [0.05, 0.1) is 12.6 Å². The monoisotopic (exact) mass is 261 g/mol. The van der Waals surface area contributed by atoms with E-state index in [9.17, 15) is 0 Å². The van der Waals surface area contributed by atoms with Gasteiger partial charge in [0.25, 0.3) is 0 Å². The molecule has 1 heterocycles. The Morgan fingerprint density at radius 2 is 2.00 bits per heavy atom. The van der Waals surface area contributed by atoms with Gasteiger partial charge in [-0.05, 0) is 39.0 Å². The molecule has 96 valence electrons. The highest BCUT2D eigenvalue weighted by molar-refractivity contribution is 7.12. The standard InChI is InChI=1S/C15H19NOS/c1-4-17-13-7-5-10(2)9-12(13)15(16)14-8-6-11(3)18-14/h5-9,15H,4,16H2,1-3H3. The molecule has 2 rings (SSSR count). The maximum atomic E-state index is 6.36. The van der Waals surface area contributed by atoms with Crippen molar-refractivity contribution in [3.63, 3.8) is 0 Å². The first-order valence-electron chi connectivity index (χ1n) is 6.17. The van der Waals surface area contributed by atoms with Gasteiger partial charge < -0.3 is 10.5 Å². The highest BCUT2D eigenvalue weighted by atomic mass is 32.1. The molecule has 0 saturated carbocycles. The third kappa shape index (κ3) is 2.74. The molecule has 0 radical (unpaired) electrons. The molecule has 0 bridgehead atoms. The summed E-state index contributed by atoms with van der Waals surface area (Å²) in [7, 11) is 0. The predicted octanol–water partition coefficient (Wildman–Crippen LogP) is 3.81. The molecule has 1 unspecified atom stereocenters. The van der Waals surface area contributed by atoms with Gasteiger partial charge in [-0.3, -0.25) is 0 Å². The highest BCUT2D eigenvalue weighted by Gasteiger charge is 2.16. The zero-order valence-electron chi connectivity index (χ0n) is 11.1. The lowest BCUT2D eigenvalue weighted by Gasteiger charge is -2.16. The average molecular weight is 261 g/mol. The average Bonchev–Trinajstić information content (AvgIpc) is 2.77. The molecule has 0 aliphatic carbocycles. The Kier molecular flexibility index (Phi) is 4.04. The summed E-state index contributed by atoms with van der Waals surface area (Å²) in [5.41, 5.74) is 8.63. The maximum Gasteiger partial charge on any atom is 0.124 e. The van der Waals surface area contributed by atoms with Gasteiger partial charge in [0, 0.05) is 15.3 Å². The third-order valence-electron chi connectivity index (χ3n) is 2.87. The number of rotatable bonds is 4. The topological polar surface area (TPSA) is 35.2 Å². The van der Waals surface area contributed by atoms with Gasteiger partial charge in [-0.15, -0.1) is 11.3 Å². The van der Waals surface area contributed by atoms with Crippen molar-refractivity contribution < 1.29 is 4.74 Å². The number of nitrogens with two attached hydrogens (primary N) is 1. The number of aryl methyl sites for hydroxylation is 2. The molecule has 0 aliphatic heterocycles. The minimum atomic E-state index is -0.106. The first-order valence-corrected chi connectivity index (χ1v) is 6.98. The summed E-state index contributed by atoms with van der Waals surface area (Å²) in [6, 6.07) is 10.3. The van der Waals surface area contributed by atoms with Crippen molar-refractivity contribution in [3.8, 4) is 5.75 Å². The molecule has 0 aliphatic rings. The van der Waals surface area contributed by atoms with Crippen molar-refractivity contribution in [3.05, 3.63) is 51.2 Å². The quantitative estimate of drug-likeness (QED) is 0.908. The van der Waals surface area contributed by atoms with Crippen molar-refractivity contribution in [2.45, 2.75) is 26.8 Å². The molecule has 1 aromatic heterocycles. The first kappa shape index (κ1) is 13.1. The normalized spacial score (nSPS) is 12.4. The van der Waals surface area contributed by atoms with E-state index in [1.807, 2.05) is 13.0 Å². The predicted molar refractivity (Wildman–Crippen MR) is 77.4 cm³/mol. The summed E-state index contributed by atoms with van der Waals surface area (Å²) in [5.74, 6) is 0.890. The number of ether oxygens (including phenoxy) is 1. The van der Waals surface area contributed by atoms with Crippen LogP contribution in [0.2, 0.25) is 0 Å². The summed E-state index contributed by atoms with van der Waals surface area (Å²) in [5, 5.41) is 0. The van der Waals surface area contributed by atoms with E-state index in [1.54, 1.807) is 11.3 Å². The molecule has 0 spiro atoms. The Hall–Kier alpha value is -1.32. The molecule has 2 N–H and O–H groups in total. The molecule has 0 fully saturated rings. The van der Waals surface area contributed by atoms with Gasteiger partial charge in [-0.25, -0.2) is 0 Å². The van der Waals surface area contributed by atoms with Crippen molar-refractivity contribution in [1.29, 1.82) is 0 Å². The fraction of sp³-hybridized carbons (Fsp3) is 0.333. The van der Waals surface area contributed by atoms with Crippen molar-refractivity contribution >= 4 is 11.3 Å². The van der Waals surface area contributed by atoms with Gasteiger partial charge in [-0.1, -0.05) is 17.7 Å². The smallest absolute Gasteiger partial charge is 0.124 e. The van der Waals surface area contributed by atoms with Gasteiger partial charge in [0.1, 0.15) is 5.75 Å². The van der Waals surface area contributed by atoms with E-state index in [0.29, 0.717) is 6.61 Å². The van der Waals surface area contributed by atoms with E-state index in [-0.39, 0.29) is 6.04 Å². The number of benzene rings is 1.